The zero-order chi connectivity index (χ0) is 27.5. The number of nitrogens with two attached hydrogens (primary N) is 2. The van der Waals surface area contributed by atoms with Crippen molar-refractivity contribution in [1.29, 1.82) is 0 Å². The van der Waals surface area contributed by atoms with E-state index in [4.69, 9.17) is 16.6 Å². The van der Waals surface area contributed by atoms with Gasteiger partial charge in [0.1, 0.15) is 6.54 Å². The Morgan fingerprint density at radius 3 is 2.29 bits per heavy atom. The van der Waals surface area contributed by atoms with Crippen LogP contribution in [0.2, 0.25) is 0 Å². The Kier molecular flexibility index (Phi) is 10.8. The van der Waals surface area contributed by atoms with Crippen LogP contribution in [0.25, 0.3) is 0 Å². The lowest BCUT2D eigenvalue weighted by Gasteiger charge is -2.23. The molecule has 2 aromatic rings. The third-order valence-electron chi connectivity index (χ3n) is 6.46. The van der Waals surface area contributed by atoms with E-state index in [9.17, 15) is 19.2 Å². The summed E-state index contributed by atoms with van der Waals surface area (Å²) < 4.78 is 0. The molecule has 1 heterocycles. The first-order valence-electron chi connectivity index (χ1n) is 13.1. The number of aryl methyl sites for hydroxylation is 1. The minimum Gasteiger partial charge on any atom is -0.481 e. The van der Waals surface area contributed by atoms with E-state index in [1.54, 1.807) is 17.0 Å². The third-order valence-corrected chi connectivity index (χ3v) is 6.46. The molecule has 0 saturated heterocycles. The Bertz CT molecular complexity index is 1130. The van der Waals surface area contributed by atoms with E-state index in [1.807, 2.05) is 30.3 Å². The monoisotopic (exact) mass is 523 g/mol. The number of unbranched alkanes of at least 4 members (excludes halogenated alkanes) is 3. The fourth-order valence-electron chi connectivity index (χ4n) is 4.41. The van der Waals surface area contributed by atoms with Crippen LogP contribution in [0.4, 0.5) is 11.4 Å². The Morgan fingerprint density at radius 1 is 0.895 bits per heavy atom. The van der Waals surface area contributed by atoms with Crippen molar-refractivity contribution in [2.75, 3.05) is 36.4 Å². The summed E-state index contributed by atoms with van der Waals surface area (Å²) in [5.74, 6) is -1.85. The quantitative estimate of drug-likeness (QED) is 0.277. The summed E-state index contributed by atoms with van der Waals surface area (Å²) in [5.41, 5.74) is 14.3. The van der Waals surface area contributed by atoms with Crippen molar-refractivity contribution in [3.05, 3.63) is 59.2 Å². The summed E-state index contributed by atoms with van der Waals surface area (Å²) >= 11 is 0. The Hall–Kier alpha value is -3.76. The molecule has 1 aliphatic heterocycles. The standard InChI is InChI=1S/C28H37N5O5/c29-14-4-2-1-3-5-20-8-11-24-23(17-20)28(38)32(16-13-27(36)37)19-26(35)33(24)18-21-6-9-22(10-7-21)31-25(34)12-15-30/h6-11,17H,1-5,12-16,18-19,29-30H2,(H,31,34)(H,36,37). The van der Waals surface area contributed by atoms with Crippen molar-refractivity contribution in [2.24, 2.45) is 11.5 Å². The number of rotatable bonds is 14. The molecule has 0 bridgehead atoms. The van der Waals surface area contributed by atoms with Crippen LogP contribution in [-0.4, -0.2) is 59.9 Å². The van der Waals surface area contributed by atoms with Crippen LogP contribution >= 0.6 is 0 Å². The molecule has 38 heavy (non-hydrogen) atoms. The molecule has 0 fully saturated rings. The first-order chi connectivity index (χ1) is 18.3. The molecule has 0 saturated carbocycles. The number of hydrogen-bond donors (Lipinski definition) is 4. The van der Waals surface area contributed by atoms with Gasteiger partial charge in [0.05, 0.1) is 24.2 Å². The van der Waals surface area contributed by atoms with Crippen LogP contribution in [0.3, 0.4) is 0 Å². The minimum absolute atomic E-state index is 0.0479. The summed E-state index contributed by atoms with van der Waals surface area (Å²) in [6, 6.07) is 12.7. The summed E-state index contributed by atoms with van der Waals surface area (Å²) in [7, 11) is 0. The van der Waals surface area contributed by atoms with Crippen molar-refractivity contribution in [2.45, 2.75) is 51.5 Å². The molecule has 0 aromatic heterocycles. The van der Waals surface area contributed by atoms with E-state index >= 15 is 0 Å². The van der Waals surface area contributed by atoms with Gasteiger partial charge in [-0.05, 0) is 61.2 Å². The maximum atomic E-state index is 13.5. The summed E-state index contributed by atoms with van der Waals surface area (Å²) in [6.07, 6.45) is 4.83. The number of benzene rings is 2. The fourth-order valence-corrected chi connectivity index (χ4v) is 4.41. The van der Waals surface area contributed by atoms with Gasteiger partial charge >= 0.3 is 5.97 Å². The molecule has 204 valence electrons. The van der Waals surface area contributed by atoms with Gasteiger partial charge < -0.3 is 31.7 Å². The highest BCUT2D eigenvalue weighted by Gasteiger charge is 2.32. The first kappa shape index (κ1) is 28.8. The number of aliphatic carboxylic acids is 1. The molecule has 0 aliphatic carbocycles. The van der Waals surface area contributed by atoms with Gasteiger partial charge in [-0.2, -0.15) is 0 Å². The fraction of sp³-hybridized carbons (Fsp3) is 0.429. The molecule has 1 aliphatic rings. The van der Waals surface area contributed by atoms with Crippen molar-refractivity contribution < 1.29 is 24.3 Å². The lowest BCUT2D eigenvalue weighted by Crippen LogP contribution is -2.40. The lowest BCUT2D eigenvalue weighted by molar-refractivity contribution is -0.137. The molecule has 6 N–H and O–H groups in total. The Labute approximate surface area is 223 Å². The van der Waals surface area contributed by atoms with Gasteiger partial charge in [0.25, 0.3) is 5.91 Å². The largest absolute Gasteiger partial charge is 0.481 e. The van der Waals surface area contributed by atoms with Gasteiger partial charge in [0.2, 0.25) is 11.8 Å². The molecule has 0 radical (unpaired) electrons. The Morgan fingerprint density at radius 2 is 1.61 bits per heavy atom. The van der Waals surface area contributed by atoms with E-state index in [1.165, 1.54) is 4.90 Å². The van der Waals surface area contributed by atoms with Crippen LogP contribution in [0.5, 0.6) is 0 Å². The topological polar surface area (TPSA) is 159 Å². The molecule has 10 heteroatoms. The highest BCUT2D eigenvalue weighted by Crippen LogP contribution is 2.29. The third kappa shape index (κ3) is 8.12. The van der Waals surface area contributed by atoms with Gasteiger partial charge in [0.15, 0.2) is 0 Å². The molecule has 10 nitrogen and oxygen atoms in total. The number of amides is 3. The predicted molar refractivity (Wildman–Crippen MR) is 146 cm³/mol. The highest BCUT2D eigenvalue weighted by atomic mass is 16.4. The van der Waals surface area contributed by atoms with Gasteiger partial charge in [-0.3, -0.25) is 19.2 Å². The van der Waals surface area contributed by atoms with Crippen LogP contribution in [-0.2, 0) is 27.3 Å². The van der Waals surface area contributed by atoms with Crippen LogP contribution in [0, 0.1) is 0 Å². The maximum absolute atomic E-state index is 13.5. The zero-order valence-corrected chi connectivity index (χ0v) is 21.7. The predicted octanol–water partition coefficient (Wildman–Crippen LogP) is 2.50. The number of hydrogen-bond acceptors (Lipinski definition) is 6. The first-order valence-corrected chi connectivity index (χ1v) is 13.1. The number of carbonyl (C=O) groups excluding carboxylic acids is 3. The number of carbonyl (C=O) groups is 4. The van der Waals surface area contributed by atoms with E-state index in [-0.39, 0.29) is 56.7 Å². The summed E-state index contributed by atoms with van der Waals surface area (Å²) in [6.45, 7) is 0.908. The van der Waals surface area contributed by atoms with Gasteiger partial charge in [-0.25, -0.2) is 0 Å². The number of carboxylic acids is 1. The average Bonchev–Trinajstić information content (AvgIpc) is 2.98. The summed E-state index contributed by atoms with van der Waals surface area (Å²) in [5, 5.41) is 11.9. The molecular weight excluding hydrogens is 486 g/mol. The van der Waals surface area contributed by atoms with Crippen molar-refractivity contribution in [1.82, 2.24) is 4.90 Å². The van der Waals surface area contributed by atoms with Crippen LogP contribution < -0.4 is 21.7 Å². The van der Waals surface area contributed by atoms with Crippen molar-refractivity contribution in [3.63, 3.8) is 0 Å². The highest BCUT2D eigenvalue weighted by molar-refractivity contribution is 6.09. The van der Waals surface area contributed by atoms with Crippen LogP contribution in [0.1, 0.15) is 60.0 Å². The molecule has 3 rings (SSSR count). The van der Waals surface area contributed by atoms with Gasteiger partial charge in [0, 0.05) is 25.2 Å². The second-order valence-electron chi connectivity index (χ2n) is 9.44. The number of anilines is 2. The zero-order valence-electron chi connectivity index (χ0n) is 21.7. The van der Waals surface area contributed by atoms with E-state index < -0.39 is 5.97 Å². The Balaban J connectivity index is 1.84. The van der Waals surface area contributed by atoms with Gasteiger partial charge in [-0.15, -0.1) is 0 Å². The molecule has 0 atom stereocenters. The van der Waals surface area contributed by atoms with Crippen molar-refractivity contribution in [3.8, 4) is 0 Å². The number of nitrogens with one attached hydrogen (secondary N) is 1. The second kappa shape index (κ2) is 14.3. The van der Waals surface area contributed by atoms with Gasteiger partial charge in [-0.1, -0.05) is 31.0 Å². The molecule has 0 spiro atoms. The van der Waals surface area contributed by atoms with Crippen LogP contribution in [0.15, 0.2) is 42.5 Å². The van der Waals surface area contributed by atoms with E-state index in [2.05, 4.69) is 5.32 Å². The van der Waals surface area contributed by atoms with E-state index in [0.29, 0.717) is 23.5 Å². The van der Waals surface area contributed by atoms with E-state index in [0.717, 1.165) is 43.2 Å². The number of carboxylic acid groups (broad SMARTS) is 1. The molecule has 2 aromatic carbocycles. The normalized spacial score (nSPS) is 13.3. The molecular formula is C28H37N5O5. The molecule has 3 amide bonds. The van der Waals surface area contributed by atoms with Crippen molar-refractivity contribution >= 4 is 35.1 Å². The second-order valence-corrected chi connectivity index (χ2v) is 9.44. The lowest BCUT2D eigenvalue weighted by atomic mass is 10.0. The molecule has 0 unspecified atom stereocenters. The summed E-state index contributed by atoms with van der Waals surface area (Å²) in [4.78, 5) is 52.6. The number of fused-ring (bicyclic) bond motifs is 1. The average molecular weight is 524 g/mol. The minimum atomic E-state index is -1.03. The maximum Gasteiger partial charge on any atom is 0.305 e. The number of nitrogens with zero attached hydrogens (tertiary/aromatic N) is 2. The smallest absolute Gasteiger partial charge is 0.305 e. The SMILES string of the molecule is NCCCCCCc1ccc2c(c1)C(=O)N(CCC(=O)O)CC(=O)N2Cc1ccc(NC(=O)CCN)cc1.